The monoisotopic (exact) mass is 485 g/mol. The number of carbonyl (C=O) groups is 1. The van der Waals surface area contributed by atoms with Gasteiger partial charge in [-0.2, -0.15) is 0 Å². The average Bonchev–Trinajstić information content (AvgIpc) is 2.93. The number of hydrogen-bond donors (Lipinski definition) is 2. The van der Waals surface area contributed by atoms with E-state index in [1.165, 1.54) is 6.08 Å². The summed E-state index contributed by atoms with van der Waals surface area (Å²) >= 11 is 0. The summed E-state index contributed by atoms with van der Waals surface area (Å²) in [6, 6.07) is 7.83. The highest BCUT2D eigenvalue weighted by molar-refractivity contribution is 5.90. The molecule has 184 valence electrons. The number of ether oxygens (including phenoxy) is 2. The van der Waals surface area contributed by atoms with Crippen molar-refractivity contribution in [2.45, 2.75) is 12.0 Å². The molecule has 2 aromatic heterocycles. The van der Waals surface area contributed by atoms with E-state index in [1.54, 1.807) is 31.9 Å². The molecule has 4 heterocycles. The summed E-state index contributed by atoms with van der Waals surface area (Å²) in [4.78, 5) is 32.4. The molecule has 1 aromatic carbocycles. The van der Waals surface area contributed by atoms with E-state index in [0.29, 0.717) is 42.4 Å². The van der Waals surface area contributed by atoms with Crippen LogP contribution in [0.2, 0.25) is 0 Å². The molecule has 2 N–H and O–H groups in total. The third kappa shape index (κ3) is 4.63. The summed E-state index contributed by atoms with van der Waals surface area (Å²) in [6.07, 6.45) is 10.3. The fraction of sp³-hybridized carbons (Fsp3) is 0.269. The number of nitrogens with zero attached hydrogens (tertiary/aromatic N) is 5. The summed E-state index contributed by atoms with van der Waals surface area (Å²) in [5.41, 5.74) is 2.97. The number of rotatable bonds is 7. The Morgan fingerprint density at radius 2 is 2.11 bits per heavy atom. The first kappa shape index (κ1) is 23.4. The smallest absolute Gasteiger partial charge is 0.244 e. The van der Waals surface area contributed by atoms with Gasteiger partial charge in [0, 0.05) is 55.4 Å². The molecular formula is C26H27N7O3. The van der Waals surface area contributed by atoms with E-state index in [9.17, 15) is 4.79 Å². The number of amides is 1. The highest BCUT2D eigenvalue weighted by Crippen LogP contribution is 2.34. The van der Waals surface area contributed by atoms with Crippen molar-refractivity contribution in [1.82, 2.24) is 20.3 Å². The topological polar surface area (TPSA) is 114 Å². The van der Waals surface area contributed by atoms with Crippen molar-refractivity contribution in [3.8, 4) is 5.75 Å². The number of carbonyl (C=O) groups excluding carboxylic acids is 1. The summed E-state index contributed by atoms with van der Waals surface area (Å²) in [7, 11) is 1.63. The number of aromatic nitrogens is 3. The van der Waals surface area contributed by atoms with Gasteiger partial charge in [0.2, 0.25) is 11.9 Å². The van der Waals surface area contributed by atoms with Crippen molar-refractivity contribution in [1.29, 1.82) is 0 Å². The maximum atomic E-state index is 12.3. The minimum absolute atomic E-state index is 0.294. The number of pyridine rings is 1. The minimum Gasteiger partial charge on any atom is -0.494 e. The fourth-order valence-corrected chi connectivity index (χ4v) is 4.41. The molecular weight excluding hydrogens is 458 g/mol. The van der Waals surface area contributed by atoms with Crippen LogP contribution in [0.25, 0.3) is 11.0 Å². The third-order valence-electron chi connectivity index (χ3n) is 6.26. The predicted molar refractivity (Wildman–Crippen MR) is 139 cm³/mol. The number of hydrogen-bond acceptors (Lipinski definition) is 9. The van der Waals surface area contributed by atoms with Gasteiger partial charge < -0.3 is 25.0 Å². The number of nitrogens with one attached hydrogen (secondary N) is 2. The Hall–Kier alpha value is -4.31. The van der Waals surface area contributed by atoms with Gasteiger partial charge in [-0.1, -0.05) is 6.58 Å². The average molecular weight is 486 g/mol. The first-order chi connectivity index (χ1) is 17.6. The van der Waals surface area contributed by atoms with E-state index < -0.39 is 5.54 Å². The van der Waals surface area contributed by atoms with Crippen LogP contribution < -0.4 is 20.3 Å². The minimum atomic E-state index is -0.836. The highest BCUT2D eigenvalue weighted by atomic mass is 16.5. The first-order valence-electron chi connectivity index (χ1n) is 11.7. The van der Waals surface area contributed by atoms with Crippen molar-refractivity contribution in [2.75, 3.05) is 43.6 Å². The van der Waals surface area contributed by atoms with Gasteiger partial charge in [-0.3, -0.25) is 14.8 Å². The van der Waals surface area contributed by atoms with E-state index in [0.717, 1.165) is 30.0 Å². The molecule has 1 amide bonds. The lowest BCUT2D eigenvalue weighted by molar-refractivity contribution is -0.117. The van der Waals surface area contributed by atoms with Gasteiger partial charge in [0.15, 0.2) is 0 Å². The lowest BCUT2D eigenvalue weighted by atomic mass is 9.85. The van der Waals surface area contributed by atoms with Crippen molar-refractivity contribution in [3.63, 3.8) is 0 Å². The number of benzene rings is 1. The Bertz CT molecular complexity index is 1350. The molecule has 0 saturated carbocycles. The maximum Gasteiger partial charge on any atom is 0.244 e. The van der Waals surface area contributed by atoms with Gasteiger partial charge in [-0.15, -0.1) is 0 Å². The second kappa shape index (κ2) is 10.1. The lowest BCUT2D eigenvalue weighted by Crippen LogP contribution is -2.45. The quantitative estimate of drug-likeness (QED) is 0.491. The van der Waals surface area contributed by atoms with E-state index in [-0.39, 0.29) is 5.91 Å². The number of morpholine rings is 1. The van der Waals surface area contributed by atoms with E-state index >= 15 is 0 Å². The second-order valence-corrected chi connectivity index (χ2v) is 8.41. The molecule has 1 unspecified atom stereocenters. The van der Waals surface area contributed by atoms with Crippen LogP contribution in [0.4, 0.5) is 17.3 Å². The first-order valence-corrected chi connectivity index (χ1v) is 11.7. The Labute approximate surface area is 208 Å². The van der Waals surface area contributed by atoms with Gasteiger partial charge in [0.25, 0.3) is 0 Å². The summed E-state index contributed by atoms with van der Waals surface area (Å²) in [5, 5.41) is 6.31. The van der Waals surface area contributed by atoms with E-state index in [2.05, 4.69) is 37.1 Å². The second-order valence-electron chi connectivity index (χ2n) is 8.41. The summed E-state index contributed by atoms with van der Waals surface area (Å²) < 4.78 is 11.1. The molecule has 1 saturated heterocycles. The Morgan fingerprint density at radius 3 is 2.86 bits per heavy atom. The number of aliphatic imine (C=N–C) groups is 1. The maximum absolute atomic E-state index is 12.3. The molecule has 1 atom stereocenters. The van der Waals surface area contributed by atoms with E-state index in [4.69, 9.17) is 14.5 Å². The highest BCUT2D eigenvalue weighted by Gasteiger charge is 2.34. The van der Waals surface area contributed by atoms with Crippen LogP contribution in [0.3, 0.4) is 0 Å². The zero-order valence-electron chi connectivity index (χ0n) is 20.0. The van der Waals surface area contributed by atoms with Crippen LogP contribution in [-0.2, 0) is 15.1 Å². The lowest BCUT2D eigenvalue weighted by Gasteiger charge is -2.32. The van der Waals surface area contributed by atoms with Gasteiger partial charge in [0.1, 0.15) is 16.8 Å². The zero-order chi connectivity index (χ0) is 25.0. The molecule has 0 aliphatic carbocycles. The van der Waals surface area contributed by atoms with Crippen LogP contribution in [0.1, 0.15) is 12.0 Å². The molecule has 0 bridgehead atoms. The van der Waals surface area contributed by atoms with Crippen molar-refractivity contribution in [3.05, 3.63) is 67.2 Å². The molecule has 3 aromatic rings. The molecule has 1 fully saturated rings. The number of fused-ring (bicyclic) bond motifs is 1. The standard InChI is InChI=1S/C26H27N7O3/c1-3-23(34)32-26(7-10-27-11-8-26)19-6-9-28-21-17-29-25(31-24(19)21)30-20-5-4-18(16-22(20)35-2)33-12-14-36-15-13-33/h3-7,9-11,16-17H,1,8,12-15H2,2H3,(H,32,34)(H,29,30,31). The van der Waals surface area contributed by atoms with Crippen molar-refractivity contribution in [2.24, 2.45) is 4.99 Å². The van der Waals surface area contributed by atoms with Crippen molar-refractivity contribution < 1.29 is 14.3 Å². The molecule has 10 heteroatoms. The van der Waals surface area contributed by atoms with Gasteiger partial charge in [-0.25, -0.2) is 9.97 Å². The fourth-order valence-electron chi connectivity index (χ4n) is 4.41. The van der Waals surface area contributed by atoms with Crippen LogP contribution in [-0.4, -0.2) is 60.5 Å². The Morgan fingerprint density at radius 1 is 1.25 bits per heavy atom. The van der Waals surface area contributed by atoms with Gasteiger partial charge >= 0.3 is 0 Å². The predicted octanol–water partition coefficient (Wildman–Crippen LogP) is 3.10. The van der Waals surface area contributed by atoms with Crippen LogP contribution in [0, 0.1) is 0 Å². The van der Waals surface area contributed by atoms with Crippen molar-refractivity contribution >= 4 is 40.5 Å². The SMILES string of the molecule is C=CC(=O)NC1(c2ccnc3cnc(Nc4ccc(N5CCOCC5)cc4OC)nc23)C=CN=CC1. The van der Waals surface area contributed by atoms with Crippen LogP contribution >= 0.6 is 0 Å². The van der Waals surface area contributed by atoms with Crippen LogP contribution in [0.5, 0.6) is 5.75 Å². The van der Waals surface area contributed by atoms with Gasteiger partial charge in [0.05, 0.1) is 37.7 Å². The third-order valence-corrected chi connectivity index (χ3v) is 6.26. The Kier molecular flexibility index (Phi) is 6.59. The zero-order valence-corrected chi connectivity index (χ0v) is 20.0. The van der Waals surface area contributed by atoms with E-state index in [1.807, 2.05) is 30.3 Å². The molecule has 2 aliphatic heterocycles. The van der Waals surface area contributed by atoms with Gasteiger partial charge in [-0.05, 0) is 30.4 Å². The molecule has 0 spiro atoms. The molecule has 10 nitrogen and oxygen atoms in total. The Balaban J connectivity index is 1.50. The molecule has 2 aliphatic rings. The molecule has 5 rings (SSSR count). The van der Waals surface area contributed by atoms with Crippen LogP contribution in [0.15, 0.2) is 66.6 Å². The number of methoxy groups -OCH3 is 1. The summed E-state index contributed by atoms with van der Waals surface area (Å²) in [6.45, 7) is 6.68. The normalized spacial score (nSPS) is 19.2. The largest absolute Gasteiger partial charge is 0.494 e. The molecule has 36 heavy (non-hydrogen) atoms. The summed E-state index contributed by atoms with van der Waals surface area (Å²) in [5.74, 6) is 0.764. The number of anilines is 3. The molecule has 0 radical (unpaired) electrons.